The molecule has 1 aliphatic heterocycles. The van der Waals surface area contributed by atoms with E-state index < -0.39 is 0 Å². The van der Waals surface area contributed by atoms with Gasteiger partial charge in [0, 0.05) is 32.7 Å². The molecule has 1 aromatic heterocycles. The van der Waals surface area contributed by atoms with Crippen LogP contribution in [0.4, 0.5) is 5.00 Å². The molecule has 146 valence electrons. The highest BCUT2D eigenvalue weighted by molar-refractivity contribution is 7.14. The molecule has 1 fully saturated rings. The first kappa shape index (κ1) is 19.5. The Labute approximate surface area is 166 Å². The van der Waals surface area contributed by atoms with Gasteiger partial charge in [0.05, 0.1) is 11.6 Å². The van der Waals surface area contributed by atoms with Crippen LogP contribution in [-0.4, -0.2) is 45.3 Å². The van der Waals surface area contributed by atoms with Crippen molar-refractivity contribution in [3.63, 3.8) is 0 Å². The molecule has 0 saturated carbocycles. The summed E-state index contributed by atoms with van der Waals surface area (Å²) >= 11 is 1.82. The lowest BCUT2D eigenvalue weighted by atomic mass is 10.1. The first-order valence-corrected chi connectivity index (χ1v) is 10.6. The second kappa shape index (κ2) is 10.2. The Kier molecular flexibility index (Phi) is 7.39. The molecule has 0 bridgehead atoms. The molecule has 27 heavy (non-hydrogen) atoms. The molecule has 5 nitrogen and oxygen atoms in total. The maximum absolute atomic E-state index is 5.71. The Bertz CT molecular complexity index is 709. The molecule has 2 N–H and O–H groups in total. The first-order valence-electron chi connectivity index (χ1n) is 9.76. The number of rotatable bonds is 7. The molecule has 1 saturated heterocycles. The quantitative estimate of drug-likeness (QED) is 0.565. The van der Waals surface area contributed by atoms with Crippen molar-refractivity contribution in [3.8, 4) is 5.75 Å². The molecule has 1 aliphatic rings. The largest absolute Gasteiger partial charge is 0.494 e. The number of para-hydroxylation sites is 1. The minimum atomic E-state index is 0.475. The predicted molar refractivity (Wildman–Crippen MR) is 115 cm³/mol. The number of guanidine groups is 1. The van der Waals surface area contributed by atoms with Gasteiger partial charge in [-0.25, -0.2) is 0 Å². The van der Waals surface area contributed by atoms with Gasteiger partial charge in [-0.05, 0) is 55.3 Å². The van der Waals surface area contributed by atoms with Crippen LogP contribution in [0.2, 0.25) is 0 Å². The predicted octanol–water partition coefficient (Wildman–Crippen LogP) is 3.52. The number of nitrogens with one attached hydrogen (secondary N) is 2. The van der Waals surface area contributed by atoms with Crippen molar-refractivity contribution >= 4 is 22.3 Å². The van der Waals surface area contributed by atoms with Crippen LogP contribution in [0.25, 0.3) is 0 Å². The summed E-state index contributed by atoms with van der Waals surface area (Å²) in [6, 6.07) is 13.1. The number of nitrogens with zero attached hydrogens (tertiary/aromatic N) is 2. The molecule has 3 rings (SSSR count). The van der Waals surface area contributed by atoms with Crippen LogP contribution in [-0.2, 0) is 6.42 Å². The van der Waals surface area contributed by atoms with E-state index in [4.69, 9.17) is 4.74 Å². The number of hydrogen-bond acceptors (Lipinski definition) is 4. The topological polar surface area (TPSA) is 48.9 Å². The molecule has 0 unspecified atom stereocenters. The molecule has 6 heteroatoms. The maximum atomic E-state index is 5.71. The minimum Gasteiger partial charge on any atom is -0.494 e. The number of piperidine rings is 1. The number of aliphatic imine (C=N–C) groups is 1. The van der Waals surface area contributed by atoms with Gasteiger partial charge in [0.25, 0.3) is 0 Å². The molecule has 2 aromatic rings. The van der Waals surface area contributed by atoms with E-state index in [1.165, 1.54) is 10.6 Å². The van der Waals surface area contributed by atoms with Crippen molar-refractivity contribution in [1.29, 1.82) is 0 Å². The molecule has 0 amide bonds. The van der Waals surface area contributed by atoms with E-state index in [0.29, 0.717) is 12.6 Å². The Morgan fingerprint density at radius 2 is 2.04 bits per heavy atom. The van der Waals surface area contributed by atoms with Gasteiger partial charge in [0.15, 0.2) is 5.96 Å². The highest BCUT2D eigenvalue weighted by Crippen LogP contribution is 2.24. The molecule has 2 heterocycles. The van der Waals surface area contributed by atoms with Gasteiger partial charge < -0.3 is 20.3 Å². The van der Waals surface area contributed by atoms with Crippen molar-refractivity contribution < 1.29 is 4.74 Å². The van der Waals surface area contributed by atoms with Crippen molar-refractivity contribution in [2.24, 2.45) is 4.99 Å². The van der Waals surface area contributed by atoms with Gasteiger partial charge in [-0.15, -0.1) is 11.3 Å². The number of anilines is 1. The minimum absolute atomic E-state index is 0.475. The van der Waals surface area contributed by atoms with E-state index >= 15 is 0 Å². The fraction of sp³-hybridized carbons (Fsp3) is 0.476. The van der Waals surface area contributed by atoms with E-state index in [2.05, 4.69) is 50.2 Å². The number of ether oxygens (including phenoxy) is 1. The van der Waals surface area contributed by atoms with E-state index in [0.717, 1.165) is 50.6 Å². The zero-order chi connectivity index (χ0) is 18.9. The molecular weight excluding hydrogens is 356 g/mol. The molecule has 0 radical (unpaired) electrons. The van der Waals surface area contributed by atoms with Crippen LogP contribution in [0, 0.1) is 0 Å². The second-order valence-corrected chi connectivity index (χ2v) is 7.57. The molecular formula is C21H30N4OS. The van der Waals surface area contributed by atoms with E-state index in [-0.39, 0.29) is 0 Å². The highest BCUT2D eigenvalue weighted by Gasteiger charge is 2.20. The average Bonchev–Trinajstić information content (AvgIpc) is 3.24. The lowest BCUT2D eigenvalue weighted by Crippen LogP contribution is -2.49. The van der Waals surface area contributed by atoms with Crippen molar-refractivity contribution in [1.82, 2.24) is 10.6 Å². The Balaban J connectivity index is 1.42. The van der Waals surface area contributed by atoms with Crippen LogP contribution < -0.4 is 20.3 Å². The Hall–Kier alpha value is -2.21. The summed E-state index contributed by atoms with van der Waals surface area (Å²) in [5, 5.41) is 10.6. The SMILES string of the molecule is CCOc1ccccc1CCNC(=NC)NC1CCN(c2cccs2)CC1. The molecule has 1 aromatic carbocycles. The third-order valence-electron chi connectivity index (χ3n) is 4.84. The fourth-order valence-corrected chi connectivity index (χ4v) is 4.19. The lowest BCUT2D eigenvalue weighted by Gasteiger charge is -2.33. The van der Waals surface area contributed by atoms with E-state index in [1.807, 2.05) is 37.4 Å². The van der Waals surface area contributed by atoms with Gasteiger partial charge in [0.1, 0.15) is 5.75 Å². The molecule has 0 atom stereocenters. The van der Waals surface area contributed by atoms with Gasteiger partial charge >= 0.3 is 0 Å². The van der Waals surface area contributed by atoms with Crippen LogP contribution in [0.3, 0.4) is 0 Å². The third-order valence-corrected chi connectivity index (χ3v) is 5.77. The summed E-state index contributed by atoms with van der Waals surface area (Å²) in [7, 11) is 1.84. The zero-order valence-electron chi connectivity index (χ0n) is 16.3. The Morgan fingerprint density at radius 3 is 2.74 bits per heavy atom. The highest BCUT2D eigenvalue weighted by atomic mass is 32.1. The van der Waals surface area contributed by atoms with Crippen LogP contribution in [0.15, 0.2) is 46.8 Å². The summed E-state index contributed by atoms with van der Waals surface area (Å²) < 4.78 is 5.71. The van der Waals surface area contributed by atoms with Crippen LogP contribution >= 0.6 is 11.3 Å². The molecule has 0 spiro atoms. The van der Waals surface area contributed by atoms with Crippen molar-refractivity contribution in [2.75, 3.05) is 38.2 Å². The summed E-state index contributed by atoms with van der Waals surface area (Å²) in [6.07, 6.45) is 3.17. The Morgan fingerprint density at radius 1 is 1.22 bits per heavy atom. The second-order valence-electron chi connectivity index (χ2n) is 6.65. The average molecular weight is 387 g/mol. The van der Waals surface area contributed by atoms with Crippen molar-refractivity contribution in [2.45, 2.75) is 32.2 Å². The van der Waals surface area contributed by atoms with Gasteiger partial charge in [0.2, 0.25) is 0 Å². The first-order chi connectivity index (χ1) is 13.3. The number of hydrogen-bond donors (Lipinski definition) is 2. The third kappa shape index (κ3) is 5.63. The van der Waals surface area contributed by atoms with Crippen LogP contribution in [0.5, 0.6) is 5.75 Å². The van der Waals surface area contributed by atoms with E-state index in [9.17, 15) is 0 Å². The monoisotopic (exact) mass is 386 g/mol. The van der Waals surface area contributed by atoms with E-state index in [1.54, 1.807) is 0 Å². The standard InChI is InChI=1S/C21H30N4OS/c1-3-26-19-8-5-4-7-17(19)10-13-23-21(22-2)24-18-11-14-25(15-12-18)20-9-6-16-27-20/h4-9,16,18H,3,10-15H2,1-2H3,(H2,22,23,24). The molecule has 0 aliphatic carbocycles. The van der Waals surface area contributed by atoms with Gasteiger partial charge in [-0.3, -0.25) is 4.99 Å². The van der Waals surface area contributed by atoms with Gasteiger partial charge in [-0.2, -0.15) is 0 Å². The smallest absolute Gasteiger partial charge is 0.191 e. The van der Waals surface area contributed by atoms with Gasteiger partial charge in [-0.1, -0.05) is 18.2 Å². The summed E-state index contributed by atoms with van der Waals surface area (Å²) in [6.45, 7) is 5.73. The summed E-state index contributed by atoms with van der Waals surface area (Å²) in [5.41, 5.74) is 1.23. The van der Waals surface area contributed by atoms with Crippen molar-refractivity contribution in [3.05, 3.63) is 47.3 Å². The lowest BCUT2D eigenvalue weighted by molar-refractivity contribution is 0.336. The zero-order valence-corrected chi connectivity index (χ0v) is 17.1. The van der Waals surface area contributed by atoms with Crippen LogP contribution in [0.1, 0.15) is 25.3 Å². The summed E-state index contributed by atoms with van der Waals surface area (Å²) in [4.78, 5) is 6.87. The number of benzene rings is 1. The summed E-state index contributed by atoms with van der Waals surface area (Å²) in [5.74, 6) is 1.86. The fourth-order valence-electron chi connectivity index (χ4n) is 3.40. The maximum Gasteiger partial charge on any atom is 0.191 e. The number of thiophene rings is 1. The normalized spacial score (nSPS) is 15.6.